The van der Waals surface area contributed by atoms with Crippen LogP contribution in [0, 0.1) is 12.8 Å². The minimum absolute atomic E-state index is 0.0296. The van der Waals surface area contributed by atoms with Gasteiger partial charge in [0.25, 0.3) is 5.91 Å². The van der Waals surface area contributed by atoms with E-state index < -0.39 is 27.9 Å². The van der Waals surface area contributed by atoms with Crippen LogP contribution >= 0.6 is 0 Å². The molecule has 4 N–H and O–H groups in total. The van der Waals surface area contributed by atoms with Crippen molar-refractivity contribution in [3.8, 4) is 0 Å². The van der Waals surface area contributed by atoms with Gasteiger partial charge in [0, 0.05) is 6.07 Å². The van der Waals surface area contributed by atoms with E-state index in [0.29, 0.717) is 6.42 Å². The molecule has 1 aromatic heterocycles. The maximum Gasteiger partial charge on any atom is 0.326 e. The molecule has 0 saturated carbocycles. The first-order chi connectivity index (χ1) is 9.57. The summed E-state index contributed by atoms with van der Waals surface area (Å²) < 4.78 is 27.6. The second kappa shape index (κ2) is 6.27. The highest BCUT2D eigenvalue weighted by Gasteiger charge is 2.28. The molecule has 1 heterocycles. The predicted molar refractivity (Wildman–Crippen MR) is 73.2 cm³/mol. The Bertz CT molecular complexity index is 649. The largest absolute Gasteiger partial charge is 0.480 e. The van der Waals surface area contributed by atoms with Gasteiger partial charge in [0.05, 0.1) is 0 Å². The van der Waals surface area contributed by atoms with Crippen LogP contribution in [0.1, 0.15) is 36.6 Å². The number of nitrogens with one attached hydrogen (secondary N) is 1. The molecule has 0 fully saturated rings. The summed E-state index contributed by atoms with van der Waals surface area (Å²) >= 11 is 0. The minimum atomic E-state index is -4.00. The number of hydrogen-bond donors (Lipinski definition) is 3. The maximum atomic E-state index is 12.0. The van der Waals surface area contributed by atoms with E-state index in [9.17, 15) is 18.0 Å². The lowest BCUT2D eigenvalue weighted by Crippen LogP contribution is -2.44. The Morgan fingerprint density at radius 3 is 2.43 bits per heavy atom. The quantitative estimate of drug-likeness (QED) is 0.696. The van der Waals surface area contributed by atoms with E-state index in [1.165, 1.54) is 6.92 Å². The van der Waals surface area contributed by atoms with Crippen LogP contribution in [0.3, 0.4) is 0 Å². The number of amides is 1. The lowest BCUT2D eigenvalue weighted by molar-refractivity contribution is -0.140. The molecule has 0 radical (unpaired) electrons. The van der Waals surface area contributed by atoms with Crippen molar-refractivity contribution in [1.29, 1.82) is 0 Å². The Morgan fingerprint density at radius 1 is 1.48 bits per heavy atom. The number of aryl methyl sites for hydroxylation is 1. The fraction of sp³-hybridized carbons (Fsp3) is 0.500. The smallest absolute Gasteiger partial charge is 0.326 e. The number of primary sulfonamides is 1. The molecular formula is C12H18N2O6S. The summed E-state index contributed by atoms with van der Waals surface area (Å²) in [7, 11) is -4.00. The van der Waals surface area contributed by atoms with Crippen LogP contribution in [0.2, 0.25) is 0 Å². The van der Waals surface area contributed by atoms with Gasteiger partial charge in [0.15, 0.2) is 5.76 Å². The number of sulfonamides is 1. The van der Waals surface area contributed by atoms with E-state index in [1.54, 1.807) is 13.8 Å². The van der Waals surface area contributed by atoms with Crippen molar-refractivity contribution in [2.24, 2.45) is 11.1 Å². The van der Waals surface area contributed by atoms with E-state index in [4.69, 9.17) is 14.7 Å². The molecule has 8 nitrogen and oxygen atoms in total. The van der Waals surface area contributed by atoms with Crippen molar-refractivity contribution < 1.29 is 27.5 Å². The average Bonchev–Trinajstić information content (AvgIpc) is 2.76. The fourth-order valence-electron chi connectivity index (χ4n) is 1.76. The Morgan fingerprint density at radius 2 is 2.05 bits per heavy atom. The zero-order valence-electron chi connectivity index (χ0n) is 11.9. The first kappa shape index (κ1) is 17.2. The molecular weight excluding hydrogens is 300 g/mol. The van der Waals surface area contributed by atoms with Crippen molar-refractivity contribution in [1.82, 2.24) is 5.32 Å². The summed E-state index contributed by atoms with van der Waals surface area (Å²) in [5, 5.41) is 16.4. The molecule has 0 saturated heterocycles. The zero-order valence-corrected chi connectivity index (χ0v) is 12.7. The normalized spacial score (nSPS) is 14.5. The van der Waals surface area contributed by atoms with Crippen LogP contribution in [-0.4, -0.2) is 31.4 Å². The summed E-state index contributed by atoms with van der Waals surface area (Å²) in [6.45, 7) is 4.82. The lowest BCUT2D eigenvalue weighted by atomic mass is 9.99. The van der Waals surface area contributed by atoms with E-state index in [-0.39, 0.29) is 22.3 Å². The molecule has 1 amide bonds. The van der Waals surface area contributed by atoms with Crippen LogP contribution in [0.25, 0.3) is 0 Å². The maximum absolute atomic E-state index is 12.0. The van der Waals surface area contributed by atoms with Crippen molar-refractivity contribution >= 4 is 21.9 Å². The molecule has 2 atom stereocenters. The first-order valence-corrected chi connectivity index (χ1v) is 7.79. The molecule has 9 heteroatoms. The van der Waals surface area contributed by atoms with E-state index in [0.717, 1.165) is 6.07 Å². The van der Waals surface area contributed by atoms with Gasteiger partial charge in [-0.05, 0) is 12.8 Å². The van der Waals surface area contributed by atoms with Crippen molar-refractivity contribution in [2.75, 3.05) is 0 Å². The summed E-state index contributed by atoms with van der Waals surface area (Å²) in [5.41, 5.74) is 0. The topological polar surface area (TPSA) is 140 Å². The van der Waals surface area contributed by atoms with Gasteiger partial charge in [0.1, 0.15) is 16.7 Å². The summed E-state index contributed by atoms with van der Waals surface area (Å²) in [6, 6.07) is -0.110. The third-order valence-electron chi connectivity index (χ3n) is 3.17. The third-order valence-corrected chi connectivity index (χ3v) is 4.19. The summed E-state index contributed by atoms with van der Waals surface area (Å²) in [6.07, 6.45) is 0.552. The number of carbonyl (C=O) groups is 2. The van der Waals surface area contributed by atoms with Gasteiger partial charge in [-0.2, -0.15) is 0 Å². The number of rotatable bonds is 6. The number of aliphatic carboxylic acids is 1. The Hall–Kier alpha value is -1.87. The second-order valence-corrected chi connectivity index (χ2v) is 6.28. The number of hydrogen-bond acceptors (Lipinski definition) is 5. The number of carboxylic acid groups (broad SMARTS) is 1. The van der Waals surface area contributed by atoms with Gasteiger partial charge in [-0.3, -0.25) is 4.79 Å². The van der Waals surface area contributed by atoms with Crippen LogP contribution < -0.4 is 10.5 Å². The highest BCUT2D eigenvalue weighted by atomic mass is 32.2. The summed E-state index contributed by atoms with van der Waals surface area (Å²) in [5.74, 6) is -2.60. The van der Waals surface area contributed by atoms with Crippen LogP contribution in [0.15, 0.2) is 15.4 Å². The van der Waals surface area contributed by atoms with Gasteiger partial charge in [-0.15, -0.1) is 0 Å². The molecule has 0 aromatic carbocycles. The van der Waals surface area contributed by atoms with Crippen LogP contribution in [0.4, 0.5) is 0 Å². The number of carbonyl (C=O) groups excluding carboxylic acids is 1. The van der Waals surface area contributed by atoms with Crippen LogP contribution in [0.5, 0.6) is 0 Å². The molecule has 0 aliphatic rings. The number of nitrogens with two attached hydrogens (primary N) is 1. The van der Waals surface area contributed by atoms with Crippen molar-refractivity contribution in [3.63, 3.8) is 0 Å². The average molecular weight is 318 g/mol. The molecule has 0 aliphatic carbocycles. The van der Waals surface area contributed by atoms with Gasteiger partial charge >= 0.3 is 5.97 Å². The van der Waals surface area contributed by atoms with E-state index in [2.05, 4.69) is 5.32 Å². The van der Waals surface area contributed by atoms with E-state index >= 15 is 0 Å². The molecule has 0 aliphatic heterocycles. The summed E-state index contributed by atoms with van der Waals surface area (Å²) in [4.78, 5) is 22.8. The fourth-order valence-corrected chi connectivity index (χ4v) is 2.47. The third kappa shape index (κ3) is 4.05. The SMILES string of the molecule is CC[C@H](C)[C@H](NC(=O)c1cc(S(N)(=O)=O)c(C)o1)C(=O)O. The van der Waals surface area contributed by atoms with Gasteiger partial charge in [-0.25, -0.2) is 18.4 Å². The Balaban J connectivity index is 3.02. The molecule has 118 valence electrons. The Labute approximate surface area is 122 Å². The monoisotopic (exact) mass is 318 g/mol. The zero-order chi connectivity index (χ0) is 16.4. The second-order valence-electron chi connectivity index (χ2n) is 4.75. The lowest BCUT2D eigenvalue weighted by Gasteiger charge is -2.19. The molecule has 0 unspecified atom stereocenters. The van der Waals surface area contributed by atoms with Crippen molar-refractivity contribution in [3.05, 3.63) is 17.6 Å². The van der Waals surface area contributed by atoms with Crippen molar-refractivity contribution in [2.45, 2.75) is 38.1 Å². The standard InChI is InChI=1S/C12H18N2O6S/c1-4-6(2)10(12(16)17)14-11(15)8-5-9(7(3)20-8)21(13,18)19/h5-6,10H,4H2,1-3H3,(H,14,15)(H,16,17)(H2,13,18,19)/t6-,10-/m0/s1. The van der Waals surface area contributed by atoms with Gasteiger partial charge in [0.2, 0.25) is 10.0 Å². The van der Waals surface area contributed by atoms with Gasteiger partial charge in [-0.1, -0.05) is 20.3 Å². The highest BCUT2D eigenvalue weighted by molar-refractivity contribution is 7.89. The number of furan rings is 1. The molecule has 1 rings (SSSR count). The Kier molecular flexibility index (Phi) is 5.13. The predicted octanol–water partition coefficient (Wildman–Crippen LogP) is 0.465. The number of carboxylic acids is 1. The molecule has 21 heavy (non-hydrogen) atoms. The van der Waals surface area contributed by atoms with E-state index in [1.807, 2.05) is 0 Å². The first-order valence-electron chi connectivity index (χ1n) is 6.24. The minimum Gasteiger partial charge on any atom is -0.480 e. The highest BCUT2D eigenvalue weighted by Crippen LogP contribution is 2.19. The molecule has 1 aromatic rings. The van der Waals surface area contributed by atoms with Gasteiger partial charge < -0.3 is 14.8 Å². The van der Waals surface area contributed by atoms with Crippen LogP contribution in [-0.2, 0) is 14.8 Å². The molecule has 0 bridgehead atoms. The molecule has 0 spiro atoms.